The minimum Gasteiger partial charge on any atom is -0.394 e. The third-order valence-corrected chi connectivity index (χ3v) is 4.03. The van der Waals surface area contributed by atoms with E-state index in [9.17, 15) is 15.2 Å². The van der Waals surface area contributed by atoms with Crippen molar-refractivity contribution in [1.82, 2.24) is 5.32 Å². The first-order chi connectivity index (χ1) is 9.50. The number of nitro groups is 1. The van der Waals surface area contributed by atoms with E-state index in [-0.39, 0.29) is 22.8 Å². The molecule has 1 aromatic rings. The molecule has 2 rings (SSSR count). The van der Waals surface area contributed by atoms with Gasteiger partial charge in [0.1, 0.15) is 5.69 Å². The number of aliphatic hydroxyl groups is 1. The van der Waals surface area contributed by atoms with Gasteiger partial charge in [0.2, 0.25) is 0 Å². The lowest BCUT2D eigenvalue weighted by Crippen LogP contribution is -2.47. The Kier molecular flexibility index (Phi) is 4.25. The second-order valence-electron chi connectivity index (χ2n) is 5.56. The summed E-state index contributed by atoms with van der Waals surface area (Å²) in [7, 11) is 1.66. The molecular weight excluding hydrogens is 258 g/mol. The van der Waals surface area contributed by atoms with Gasteiger partial charge in [0.15, 0.2) is 0 Å². The van der Waals surface area contributed by atoms with Gasteiger partial charge in [-0.05, 0) is 37.3 Å². The Labute approximate surface area is 118 Å². The van der Waals surface area contributed by atoms with Gasteiger partial charge in [-0.3, -0.25) is 10.1 Å². The van der Waals surface area contributed by atoms with E-state index < -0.39 is 0 Å². The van der Waals surface area contributed by atoms with Crippen LogP contribution in [-0.2, 0) is 6.54 Å². The van der Waals surface area contributed by atoms with E-state index in [0.717, 1.165) is 18.4 Å². The van der Waals surface area contributed by atoms with Gasteiger partial charge in [0.05, 0.1) is 11.5 Å². The third kappa shape index (κ3) is 3.08. The normalized spacial score (nSPS) is 17.6. The molecule has 1 aliphatic carbocycles. The highest BCUT2D eigenvalue weighted by molar-refractivity contribution is 5.62. The maximum Gasteiger partial charge on any atom is 0.292 e. The molecule has 1 saturated carbocycles. The first-order valence-corrected chi connectivity index (χ1v) is 6.81. The number of anilines is 1. The predicted molar refractivity (Wildman–Crippen MR) is 77.7 cm³/mol. The second-order valence-corrected chi connectivity index (χ2v) is 5.56. The largest absolute Gasteiger partial charge is 0.394 e. The quantitative estimate of drug-likeness (QED) is 0.524. The van der Waals surface area contributed by atoms with E-state index >= 15 is 0 Å². The number of hydrogen-bond donors (Lipinski definition) is 3. The van der Waals surface area contributed by atoms with Gasteiger partial charge >= 0.3 is 0 Å². The molecule has 1 aromatic carbocycles. The molecule has 1 aliphatic rings. The van der Waals surface area contributed by atoms with Crippen molar-refractivity contribution >= 4 is 11.4 Å². The van der Waals surface area contributed by atoms with Gasteiger partial charge in [0.25, 0.3) is 5.69 Å². The Bertz CT molecular complexity index is 502. The SMILES string of the molecule is CNc1ccc(CNC(C)(CO)C2CC2)cc1[N+](=O)[O-]. The van der Waals surface area contributed by atoms with Crippen LogP contribution in [0.3, 0.4) is 0 Å². The molecule has 6 heteroatoms. The van der Waals surface area contributed by atoms with Crippen molar-refractivity contribution in [3.05, 3.63) is 33.9 Å². The van der Waals surface area contributed by atoms with Crippen LogP contribution in [0, 0.1) is 16.0 Å². The van der Waals surface area contributed by atoms with Gasteiger partial charge in [-0.15, -0.1) is 0 Å². The summed E-state index contributed by atoms with van der Waals surface area (Å²) in [6.07, 6.45) is 2.26. The Morgan fingerprint density at radius 2 is 2.20 bits per heavy atom. The summed E-state index contributed by atoms with van der Waals surface area (Å²) in [4.78, 5) is 10.6. The molecule has 0 amide bonds. The highest BCUT2D eigenvalue weighted by Crippen LogP contribution is 2.39. The molecule has 6 nitrogen and oxygen atoms in total. The van der Waals surface area contributed by atoms with Crippen molar-refractivity contribution < 1.29 is 10.0 Å². The molecular formula is C14H21N3O3. The van der Waals surface area contributed by atoms with Crippen LogP contribution in [0.4, 0.5) is 11.4 Å². The lowest BCUT2D eigenvalue weighted by Gasteiger charge is -2.29. The average molecular weight is 279 g/mol. The Morgan fingerprint density at radius 1 is 1.50 bits per heavy atom. The van der Waals surface area contributed by atoms with Crippen molar-refractivity contribution in [2.75, 3.05) is 19.0 Å². The lowest BCUT2D eigenvalue weighted by molar-refractivity contribution is -0.384. The van der Waals surface area contributed by atoms with E-state index in [1.807, 2.05) is 13.0 Å². The fraction of sp³-hybridized carbons (Fsp3) is 0.571. The zero-order valence-electron chi connectivity index (χ0n) is 11.8. The van der Waals surface area contributed by atoms with Crippen LogP contribution in [0.25, 0.3) is 0 Å². The highest BCUT2D eigenvalue weighted by atomic mass is 16.6. The predicted octanol–water partition coefficient (Wildman–Crippen LogP) is 1.89. The van der Waals surface area contributed by atoms with Crippen LogP contribution in [0.15, 0.2) is 18.2 Å². The fourth-order valence-corrected chi connectivity index (χ4v) is 2.40. The smallest absolute Gasteiger partial charge is 0.292 e. The van der Waals surface area contributed by atoms with Crippen LogP contribution in [-0.4, -0.2) is 29.2 Å². The summed E-state index contributed by atoms with van der Waals surface area (Å²) in [5.74, 6) is 0.499. The molecule has 0 heterocycles. The summed E-state index contributed by atoms with van der Waals surface area (Å²) >= 11 is 0. The molecule has 1 fully saturated rings. The van der Waals surface area contributed by atoms with Crippen LogP contribution in [0.1, 0.15) is 25.3 Å². The molecule has 1 unspecified atom stereocenters. The molecule has 0 saturated heterocycles. The number of benzene rings is 1. The van der Waals surface area contributed by atoms with Crippen LogP contribution >= 0.6 is 0 Å². The van der Waals surface area contributed by atoms with E-state index in [2.05, 4.69) is 10.6 Å². The Morgan fingerprint density at radius 3 is 2.70 bits per heavy atom. The number of nitrogens with zero attached hydrogens (tertiary/aromatic N) is 1. The Balaban J connectivity index is 2.09. The van der Waals surface area contributed by atoms with Crippen molar-refractivity contribution in [2.45, 2.75) is 31.8 Å². The number of nitro benzene ring substituents is 1. The highest BCUT2D eigenvalue weighted by Gasteiger charge is 2.40. The number of nitrogens with one attached hydrogen (secondary N) is 2. The molecule has 0 radical (unpaired) electrons. The maximum atomic E-state index is 11.0. The van der Waals surface area contributed by atoms with E-state index in [1.54, 1.807) is 19.2 Å². The van der Waals surface area contributed by atoms with Crippen molar-refractivity contribution in [3.8, 4) is 0 Å². The maximum absolute atomic E-state index is 11.0. The summed E-state index contributed by atoms with van der Waals surface area (Å²) in [5, 5.41) is 26.7. The van der Waals surface area contributed by atoms with Gasteiger partial charge in [0, 0.05) is 25.2 Å². The number of hydrogen-bond acceptors (Lipinski definition) is 5. The molecule has 0 bridgehead atoms. The first kappa shape index (κ1) is 14.7. The molecule has 0 spiro atoms. The monoisotopic (exact) mass is 279 g/mol. The fourth-order valence-electron chi connectivity index (χ4n) is 2.40. The molecule has 110 valence electrons. The zero-order valence-corrected chi connectivity index (χ0v) is 11.8. The lowest BCUT2D eigenvalue weighted by atomic mass is 9.96. The van der Waals surface area contributed by atoms with Crippen molar-refractivity contribution in [2.24, 2.45) is 5.92 Å². The summed E-state index contributed by atoms with van der Waals surface area (Å²) in [6, 6.07) is 5.14. The molecule has 20 heavy (non-hydrogen) atoms. The first-order valence-electron chi connectivity index (χ1n) is 6.81. The molecule has 3 N–H and O–H groups in total. The standard InChI is InChI=1S/C14H21N3O3/c1-14(9-18,11-4-5-11)16-8-10-3-6-12(15-2)13(7-10)17(19)20/h3,6-7,11,15-16,18H,4-5,8-9H2,1-2H3. The van der Waals surface area contributed by atoms with Crippen LogP contribution in [0.5, 0.6) is 0 Å². The minimum absolute atomic E-state index is 0.0731. The Hall–Kier alpha value is -1.66. The number of aliphatic hydroxyl groups excluding tert-OH is 1. The molecule has 0 aliphatic heterocycles. The zero-order chi connectivity index (χ0) is 14.8. The average Bonchev–Trinajstić information content (AvgIpc) is 3.29. The number of rotatable bonds is 7. The third-order valence-electron chi connectivity index (χ3n) is 4.03. The van der Waals surface area contributed by atoms with E-state index in [1.165, 1.54) is 0 Å². The topological polar surface area (TPSA) is 87.4 Å². The summed E-state index contributed by atoms with van der Waals surface area (Å²) in [5.41, 5.74) is 1.13. The minimum atomic E-state index is -0.387. The molecule has 1 atom stereocenters. The van der Waals surface area contributed by atoms with Gasteiger partial charge < -0.3 is 15.7 Å². The van der Waals surface area contributed by atoms with Crippen LogP contribution in [0.2, 0.25) is 0 Å². The van der Waals surface area contributed by atoms with Crippen molar-refractivity contribution in [1.29, 1.82) is 0 Å². The summed E-state index contributed by atoms with van der Waals surface area (Å²) in [6.45, 7) is 2.59. The van der Waals surface area contributed by atoms with Gasteiger partial charge in [-0.1, -0.05) is 6.07 Å². The second kappa shape index (κ2) is 5.76. The van der Waals surface area contributed by atoms with Gasteiger partial charge in [-0.2, -0.15) is 0 Å². The van der Waals surface area contributed by atoms with Crippen molar-refractivity contribution in [3.63, 3.8) is 0 Å². The van der Waals surface area contributed by atoms with Crippen LogP contribution < -0.4 is 10.6 Å². The van der Waals surface area contributed by atoms with E-state index in [0.29, 0.717) is 18.2 Å². The summed E-state index contributed by atoms with van der Waals surface area (Å²) < 4.78 is 0. The van der Waals surface area contributed by atoms with Gasteiger partial charge in [-0.25, -0.2) is 0 Å². The molecule has 0 aromatic heterocycles. The van der Waals surface area contributed by atoms with E-state index in [4.69, 9.17) is 0 Å².